The summed E-state index contributed by atoms with van der Waals surface area (Å²) in [6.45, 7) is 0.654. The molecule has 0 saturated heterocycles. The van der Waals surface area contributed by atoms with Crippen LogP contribution in [-0.2, 0) is 6.18 Å². The third kappa shape index (κ3) is 4.33. The van der Waals surface area contributed by atoms with Crippen molar-refractivity contribution < 1.29 is 17.9 Å². The van der Waals surface area contributed by atoms with Gasteiger partial charge in [0.1, 0.15) is 5.75 Å². The van der Waals surface area contributed by atoms with E-state index in [-0.39, 0.29) is 0 Å². The predicted molar refractivity (Wildman–Crippen MR) is 98.6 cm³/mol. The minimum Gasteiger partial charge on any atom is -0.494 e. The first-order valence-electron chi connectivity index (χ1n) is 7.75. The molecule has 3 rings (SSSR count). The van der Waals surface area contributed by atoms with Crippen molar-refractivity contribution in [1.82, 2.24) is 4.37 Å². The molecule has 0 aliphatic rings. The lowest BCUT2D eigenvalue weighted by molar-refractivity contribution is -0.137. The van der Waals surface area contributed by atoms with E-state index in [9.17, 15) is 13.2 Å². The van der Waals surface area contributed by atoms with Crippen molar-refractivity contribution >= 4 is 37.5 Å². The summed E-state index contributed by atoms with van der Waals surface area (Å²) in [5.41, 5.74) is 0.708. The molecule has 1 aromatic heterocycles. The molecule has 2 aromatic carbocycles. The predicted octanol–water partition coefficient (Wildman–Crippen LogP) is 6.54. The molecule has 7 heteroatoms. The second-order valence-electron chi connectivity index (χ2n) is 5.51. The zero-order valence-electron chi connectivity index (χ0n) is 13.1. The van der Waals surface area contributed by atoms with E-state index in [1.807, 2.05) is 18.2 Å². The minimum atomic E-state index is -4.33. The summed E-state index contributed by atoms with van der Waals surface area (Å²) in [5.74, 6) is 0.782. The number of alkyl halides is 4. The average molecular weight is 430 g/mol. The van der Waals surface area contributed by atoms with Crippen LogP contribution >= 0.6 is 27.5 Å². The molecule has 0 bridgehead atoms. The molecular formula is C18H15BrF3NOS. The average Bonchev–Trinajstić information content (AvgIpc) is 3.01. The number of nitrogens with zero attached hydrogens (tertiary/aromatic N) is 1. The standard InChI is InChI=1S/C18H15BrF3NOS/c19-9-1-2-10-24-14-7-8-15-16(11-14)25-23-17(15)12-3-5-13(6-4-12)18(20,21)22/h3-8,11H,1-2,9-10H2. The van der Waals surface area contributed by atoms with Crippen LogP contribution in [0.25, 0.3) is 21.3 Å². The SMILES string of the molecule is FC(F)(F)c1ccc(-c2nsc3cc(OCCCCBr)ccc23)cc1. The Labute approximate surface area is 155 Å². The third-order valence-corrected chi connectivity index (χ3v) is 5.09. The van der Waals surface area contributed by atoms with Crippen molar-refractivity contribution in [2.45, 2.75) is 19.0 Å². The van der Waals surface area contributed by atoms with Gasteiger partial charge in [-0.05, 0) is 54.7 Å². The number of ether oxygens (including phenoxy) is 1. The normalized spacial score (nSPS) is 11.8. The van der Waals surface area contributed by atoms with Crippen LogP contribution in [0, 0.1) is 0 Å². The number of fused-ring (bicyclic) bond motifs is 1. The maximum absolute atomic E-state index is 12.7. The summed E-state index contributed by atoms with van der Waals surface area (Å²) in [4.78, 5) is 0. The van der Waals surface area contributed by atoms with Crippen LogP contribution in [-0.4, -0.2) is 16.3 Å². The Bertz CT molecular complexity index is 846. The Kier molecular flexibility index (Phi) is 5.64. The highest BCUT2D eigenvalue weighted by molar-refractivity contribution is 9.09. The van der Waals surface area contributed by atoms with Crippen LogP contribution in [0.4, 0.5) is 13.2 Å². The van der Waals surface area contributed by atoms with Gasteiger partial charge in [-0.15, -0.1) is 0 Å². The van der Waals surface area contributed by atoms with Crippen molar-refractivity contribution in [1.29, 1.82) is 0 Å². The second-order valence-corrected chi connectivity index (χ2v) is 7.11. The van der Waals surface area contributed by atoms with Crippen LogP contribution in [0.1, 0.15) is 18.4 Å². The van der Waals surface area contributed by atoms with Crippen LogP contribution in [0.15, 0.2) is 42.5 Å². The maximum Gasteiger partial charge on any atom is 0.416 e. The van der Waals surface area contributed by atoms with Crippen molar-refractivity contribution in [3.8, 4) is 17.0 Å². The third-order valence-electron chi connectivity index (χ3n) is 3.73. The highest BCUT2D eigenvalue weighted by Crippen LogP contribution is 2.35. The van der Waals surface area contributed by atoms with Crippen LogP contribution in [0.3, 0.4) is 0 Å². The highest BCUT2D eigenvalue weighted by atomic mass is 79.9. The minimum absolute atomic E-state index is 0.654. The van der Waals surface area contributed by atoms with E-state index in [1.165, 1.54) is 23.7 Å². The number of hydrogen-bond acceptors (Lipinski definition) is 3. The Morgan fingerprint density at radius 1 is 1.04 bits per heavy atom. The number of unbranched alkanes of at least 4 members (excludes halogenated alkanes) is 1. The Morgan fingerprint density at radius 3 is 2.48 bits per heavy atom. The van der Waals surface area contributed by atoms with Gasteiger partial charge < -0.3 is 4.74 Å². The fraction of sp³-hybridized carbons (Fsp3) is 0.278. The summed E-state index contributed by atoms with van der Waals surface area (Å²) in [5, 5.41) is 1.87. The van der Waals surface area contributed by atoms with Gasteiger partial charge in [-0.2, -0.15) is 17.5 Å². The van der Waals surface area contributed by atoms with Gasteiger partial charge in [-0.25, -0.2) is 0 Å². The number of hydrogen-bond donors (Lipinski definition) is 0. The van der Waals surface area contributed by atoms with E-state index in [0.717, 1.165) is 46.1 Å². The molecule has 0 saturated carbocycles. The molecule has 0 aliphatic heterocycles. The van der Waals surface area contributed by atoms with Crippen molar-refractivity contribution in [2.24, 2.45) is 0 Å². The molecule has 0 atom stereocenters. The zero-order chi connectivity index (χ0) is 17.9. The molecule has 0 spiro atoms. The molecule has 3 aromatic rings. The Balaban J connectivity index is 1.81. The number of halogens is 4. The Morgan fingerprint density at radius 2 is 1.80 bits per heavy atom. The summed E-state index contributed by atoms with van der Waals surface area (Å²) in [6, 6.07) is 10.8. The van der Waals surface area contributed by atoms with E-state index in [1.54, 1.807) is 0 Å². The first-order chi connectivity index (χ1) is 12.0. The smallest absolute Gasteiger partial charge is 0.416 e. The van der Waals surface area contributed by atoms with E-state index < -0.39 is 11.7 Å². The number of rotatable bonds is 6. The lowest BCUT2D eigenvalue weighted by atomic mass is 10.1. The summed E-state index contributed by atoms with van der Waals surface area (Å²) in [6.07, 6.45) is -2.30. The van der Waals surface area contributed by atoms with Crippen molar-refractivity contribution in [2.75, 3.05) is 11.9 Å². The Hall–Kier alpha value is -1.60. The summed E-state index contributed by atoms with van der Waals surface area (Å²) >= 11 is 4.70. The fourth-order valence-corrected chi connectivity index (χ4v) is 3.64. The molecule has 0 N–H and O–H groups in total. The zero-order valence-corrected chi connectivity index (χ0v) is 15.5. The molecule has 0 fully saturated rings. The van der Waals surface area contributed by atoms with E-state index in [4.69, 9.17) is 4.74 Å². The topological polar surface area (TPSA) is 22.1 Å². The van der Waals surface area contributed by atoms with Crippen molar-refractivity contribution in [3.63, 3.8) is 0 Å². The van der Waals surface area contributed by atoms with Gasteiger partial charge in [0.2, 0.25) is 0 Å². The molecule has 0 aliphatic carbocycles. The van der Waals surface area contributed by atoms with Gasteiger partial charge in [0.05, 0.1) is 22.6 Å². The van der Waals surface area contributed by atoms with Crippen LogP contribution in [0.5, 0.6) is 5.75 Å². The quantitative estimate of drug-likeness (QED) is 0.328. The van der Waals surface area contributed by atoms with Crippen molar-refractivity contribution in [3.05, 3.63) is 48.0 Å². The van der Waals surface area contributed by atoms with Gasteiger partial charge in [0.25, 0.3) is 0 Å². The molecule has 1 heterocycles. The molecular weight excluding hydrogens is 415 g/mol. The van der Waals surface area contributed by atoms with Gasteiger partial charge in [-0.1, -0.05) is 28.1 Å². The van der Waals surface area contributed by atoms with E-state index in [0.29, 0.717) is 17.9 Å². The van der Waals surface area contributed by atoms with Gasteiger partial charge in [0.15, 0.2) is 0 Å². The van der Waals surface area contributed by atoms with Crippen LogP contribution in [0.2, 0.25) is 0 Å². The van der Waals surface area contributed by atoms with Gasteiger partial charge >= 0.3 is 6.18 Å². The monoisotopic (exact) mass is 429 g/mol. The number of aromatic nitrogens is 1. The lowest BCUT2D eigenvalue weighted by Crippen LogP contribution is -2.03. The molecule has 0 unspecified atom stereocenters. The second kappa shape index (κ2) is 7.74. The summed E-state index contributed by atoms with van der Waals surface area (Å²) in [7, 11) is 0. The van der Waals surface area contributed by atoms with E-state index >= 15 is 0 Å². The highest BCUT2D eigenvalue weighted by Gasteiger charge is 2.30. The van der Waals surface area contributed by atoms with Gasteiger partial charge in [0, 0.05) is 16.3 Å². The fourth-order valence-electron chi connectivity index (χ4n) is 2.42. The number of benzene rings is 2. The van der Waals surface area contributed by atoms with Gasteiger partial charge in [-0.3, -0.25) is 0 Å². The molecule has 0 amide bonds. The van der Waals surface area contributed by atoms with E-state index in [2.05, 4.69) is 20.3 Å². The molecule has 132 valence electrons. The summed E-state index contributed by atoms with van der Waals surface area (Å²) < 4.78 is 49.1. The molecule has 0 radical (unpaired) electrons. The molecule has 25 heavy (non-hydrogen) atoms. The lowest BCUT2D eigenvalue weighted by Gasteiger charge is -2.07. The maximum atomic E-state index is 12.7. The first-order valence-corrected chi connectivity index (χ1v) is 9.64. The van der Waals surface area contributed by atoms with Crippen LogP contribution < -0.4 is 4.74 Å². The molecule has 2 nitrogen and oxygen atoms in total. The first kappa shape index (κ1) is 18.2. The largest absolute Gasteiger partial charge is 0.494 e.